The third kappa shape index (κ3) is 2.87. The van der Waals surface area contributed by atoms with Crippen molar-refractivity contribution in [2.24, 2.45) is 11.8 Å². The Morgan fingerprint density at radius 2 is 2.21 bits per heavy atom. The molecule has 0 aliphatic carbocycles. The van der Waals surface area contributed by atoms with Gasteiger partial charge in [-0.3, -0.25) is 4.79 Å². The third-order valence-electron chi connectivity index (χ3n) is 3.43. The van der Waals surface area contributed by atoms with Gasteiger partial charge in [-0.05, 0) is 24.0 Å². The highest BCUT2D eigenvalue weighted by Crippen LogP contribution is 2.31. The zero-order valence-electron chi connectivity index (χ0n) is 11.4. The van der Waals surface area contributed by atoms with Crippen LogP contribution in [0.3, 0.4) is 0 Å². The fraction of sp³-hybridized carbons (Fsp3) is 0.429. The largest absolute Gasteiger partial charge is 0.397 e. The predicted octanol–water partition coefficient (Wildman–Crippen LogP) is 2.90. The van der Waals surface area contributed by atoms with E-state index >= 15 is 0 Å². The Morgan fingerprint density at radius 1 is 1.47 bits per heavy atom. The van der Waals surface area contributed by atoms with Crippen LogP contribution in [0.25, 0.3) is 10.2 Å². The minimum Gasteiger partial charge on any atom is -0.397 e. The molecule has 1 atom stereocenters. The number of aromatic nitrogens is 1. The number of nitrogens with one attached hydrogen (secondary N) is 1. The van der Waals surface area contributed by atoms with Crippen LogP contribution < -0.4 is 11.1 Å². The van der Waals surface area contributed by atoms with E-state index in [1.54, 1.807) is 6.20 Å². The summed E-state index contributed by atoms with van der Waals surface area (Å²) in [5, 5.41) is 3.80. The Balaban J connectivity index is 2.16. The number of amides is 1. The number of nitrogens with zero attached hydrogens (tertiary/aromatic N) is 1. The van der Waals surface area contributed by atoms with Gasteiger partial charge in [0, 0.05) is 18.1 Å². The summed E-state index contributed by atoms with van der Waals surface area (Å²) in [5.41, 5.74) is 6.55. The van der Waals surface area contributed by atoms with Crippen LogP contribution in [0.15, 0.2) is 18.3 Å². The molecule has 0 spiro atoms. The lowest BCUT2D eigenvalue weighted by Gasteiger charge is -2.15. The SMILES string of the molecule is CC(C)C(C)CNC(=O)c1sc2ncccc2c1N. The normalized spacial score (nSPS) is 12.8. The maximum absolute atomic E-state index is 12.2. The molecule has 102 valence electrons. The highest BCUT2D eigenvalue weighted by atomic mass is 32.1. The van der Waals surface area contributed by atoms with Crippen molar-refractivity contribution in [3.63, 3.8) is 0 Å². The van der Waals surface area contributed by atoms with Gasteiger partial charge in [0.2, 0.25) is 0 Å². The molecule has 0 fully saturated rings. The van der Waals surface area contributed by atoms with E-state index in [1.807, 2.05) is 12.1 Å². The van der Waals surface area contributed by atoms with Gasteiger partial charge in [-0.25, -0.2) is 4.98 Å². The highest BCUT2D eigenvalue weighted by Gasteiger charge is 2.17. The topological polar surface area (TPSA) is 68.0 Å². The molecule has 2 heterocycles. The highest BCUT2D eigenvalue weighted by molar-refractivity contribution is 7.21. The molecular weight excluding hydrogens is 258 g/mol. The van der Waals surface area contributed by atoms with Gasteiger partial charge < -0.3 is 11.1 Å². The average Bonchev–Trinajstić information content (AvgIpc) is 2.73. The van der Waals surface area contributed by atoms with Crippen LogP contribution in [-0.4, -0.2) is 17.4 Å². The molecule has 5 heteroatoms. The smallest absolute Gasteiger partial charge is 0.263 e. The lowest BCUT2D eigenvalue weighted by Crippen LogP contribution is -2.30. The molecule has 1 unspecified atom stereocenters. The molecule has 2 aromatic heterocycles. The van der Waals surface area contributed by atoms with E-state index in [2.05, 4.69) is 31.1 Å². The second kappa shape index (κ2) is 5.57. The zero-order chi connectivity index (χ0) is 14.0. The van der Waals surface area contributed by atoms with Gasteiger partial charge in [-0.15, -0.1) is 11.3 Å². The van der Waals surface area contributed by atoms with Crippen LogP contribution in [-0.2, 0) is 0 Å². The lowest BCUT2D eigenvalue weighted by molar-refractivity contribution is 0.0950. The van der Waals surface area contributed by atoms with Crippen molar-refractivity contribution < 1.29 is 4.79 Å². The number of thiophene rings is 1. The van der Waals surface area contributed by atoms with Crippen LogP contribution >= 0.6 is 11.3 Å². The molecule has 0 bridgehead atoms. The summed E-state index contributed by atoms with van der Waals surface area (Å²) in [6.45, 7) is 7.08. The third-order valence-corrected chi connectivity index (χ3v) is 4.56. The summed E-state index contributed by atoms with van der Waals surface area (Å²) in [6.07, 6.45) is 1.71. The van der Waals surface area contributed by atoms with E-state index in [9.17, 15) is 4.79 Å². The van der Waals surface area contributed by atoms with Crippen molar-refractivity contribution >= 4 is 33.1 Å². The molecule has 2 rings (SSSR count). The van der Waals surface area contributed by atoms with Crippen LogP contribution in [0.1, 0.15) is 30.4 Å². The first-order valence-corrected chi connectivity index (χ1v) is 7.23. The van der Waals surface area contributed by atoms with E-state index in [0.717, 1.165) is 10.2 Å². The van der Waals surface area contributed by atoms with E-state index in [-0.39, 0.29) is 5.91 Å². The Kier molecular flexibility index (Phi) is 4.04. The molecule has 0 saturated heterocycles. The molecule has 4 nitrogen and oxygen atoms in total. The van der Waals surface area contributed by atoms with Crippen molar-refractivity contribution in [1.82, 2.24) is 10.3 Å². The second-order valence-corrected chi connectivity index (χ2v) is 6.13. The van der Waals surface area contributed by atoms with E-state index in [0.29, 0.717) is 28.9 Å². The zero-order valence-corrected chi connectivity index (χ0v) is 12.3. The molecular formula is C14H19N3OS. The lowest BCUT2D eigenvalue weighted by atomic mass is 9.98. The fourth-order valence-electron chi connectivity index (χ4n) is 1.69. The summed E-state index contributed by atoms with van der Waals surface area (Å²) < 4.78 is 0. The number of carbonyl (C=O) groups is 1. The maximum atomic E-state index is 12.2. The molecule has 0 saturated carbocycles. The summed E-state index contributed by atoms with van der Waals surface area (Å²) in [6, 6.07) is 3.72. The second-order valence-electron chi connectivity index (χ2n) is 5.13. The number of hydrogen-bond acceptors (Lipinski definition) is 4. The van der Waals surface area contributed by atoms with Gasteiger partial charge >= 0.3 is 0 Å². The van der Waals surface area contributed by atoms with Gasteiger partial charge in [-0.2, -0.15) is 0 Å². The Morgan fingerprint density at radius 3 is 2.84 bits per heavy atom. The Bertz CT molecular complexity index is 591. The van der Waals surface area contributed by atoms with Gasteiger partial charge in [-0.1, -0.05) is 20.8 Å². The minimum atomic E-state index is -0.104. The number of hydrogen-bond donors (Lipinski definition) is 2. The van der Waals surface area contributed by atoms with E-state index in [1.165, 1.54) is 11.3 Å². The molecule has 19 heavy (non-hydrogen) atoms. The van der Waals surface area contributed by atoms with Crippen LogP contribution in [0.4, 0.5) is 5.69 Å². The quantitative estimate of drug-likeness (QED) is 0.903. The number of pyridine rings is 1. The monoisotopic (exact) mass is 277 g/mol. The summed E-state index contributed by atoms with van der Waals surface area (Å²) in [5.74, 6) is 0.882. The molecule has 0 radical (unpaired) electrons. The van der Waals surface area contributed by atoms with Gasteiger partial charge in [0.05, 0.1) is 5.69 Å². The summed E-state index contributed by atoms with van der Waals surface area (Å²) in [4.78, 5) is 17.7. The molecule has 0 aromatic carbocycles. The first kappa shape index (κ1) is 13.8. The Labute approximate surface area is 117 Å². The first-order valence-electron chi connectivity index (χ1n) is 6.42. The van der Waals surface area contributed by atoms with Crippen molar-refractivity contribution in [1.29, 1.82) is 0 Å². The van der Waals surface area contributed by atoms with E-state index in [4.69, 9.17) is 5.73 Å². The van der Waals surface area contributed by atoms with Crippen LogP contribution in [0.5, 0.6) is 0 Å². The molecule has 1 amide bonds. The standard InChI is InChI=1S/C14H19N3OS/c1-8(2)9(3)7-17-13(18)12-11(15)10-5-4-6-16-14(10)19-12/h4-6,8-9H,7,15H2,1-3H3,(H,17,18). The van der Waals surface area contributed by atoms with Crippen LogP contribution in [0.2, 0.25) is 0 Å². The minimum absolute atomic E-state index is 0.104. The molecule has 0 aliphatic rings. The molecule has 2 aromatic rings. The van der Waals surface area contributed by atoms with E-state index < -0.39 is 0 Å². The van der Waals surface area contributed by atoms with Crippen LogP contribution in [0, 0.1) is 11.8 Å². The van der Waals surface area contributed by atoms with Crippen molar-refractivity contribution in [3.05, 3.63) is 23.2 Å². The maximum Gasteiger partial charge on any atom is 0.263 e. The number of nitrogen functional groups attached to an aromatic ring is 1. The van der Waals surface area contributed by atoms with Crippen molar-refractivity contribution in [2.75, 3.05) is 12.3 Å². The summed E-state index contributed by atoms with van der Waals surface area (Å²) in [7, 11) is 0. The average molecular weight is 277 g/mol. The van der Waals surface area contributed by atoms with Gasteiger partial charge in [0.25, 0.3) is 5.91 Å². The molecule has 0 aliphatic heterocycles. The first-order chi connectivity index (χ1) is 9.00. The fourth-order valence-corrected chi connectivity index (χ4v) is 2.67. The van der Waals surface area contributed by atoms with Gasteiger partial charge in [0.15, 0.2) is 0 Å². The number of nitrogens with two attached hydrogens (primary N) is 1. The van der Waals surface area contributed by atoms with Gasteiger partial charge in [0.1, 0.15) is 9.71 Å². The van der Waals surface area contributed by atoms with Crippen molar-refractivity contribution in [2.45, 2.75) is 20.8 Å². The van der Waals surface area contributed by atoms with Crippen molar-refractivity contribution in [3.8, 4) is 0 Å². The summed E-state index contributed by atoms with van der Waals surface area (Å²) >= 11 is 1.34. The number of fused-ring (bicyclic) bond motifs is 1. The predicted molar refractivity (Wildman–Crippen MR) is 80.4 cm³/mol. The molecule has 3 N–H and O–H groups in total. The Hall–Kier alpha value is -1.62. The number of rotatable bonds is 4. The number of anilines is 1. The number of carbonyl (C=O) groups excluding carboxylic acids is 1.